The highest BCUT2D eigenvalue weighted by Crippen LogP contribution is 2.26. The van der Waals surface area contributed by atoms with Gasteiger partial charge in [-0.3, -0.25) is 0 Å². The summed E-state index contributed by atoms with van der Waals surface area (Å²) in [4.78, 5) is 28.9. The summed E-state index contributed by atoms with van der Waals surface area (Å²) in [5.41, 5.74) is 3.15. The van der Waals surface area contributed by atoms with Crippen LogP contribution in [0.4, 0.5) is 5.82 Å². The van der Waals surface area contributed by atoms with Crippen LogP contribution in [0.25, 0.3) is 11.1 Å². The minimum absolute atomic E-state index is 0.264. The zero-order chi connectivity index (χ0) is 23.1. The number of aromatic carboxylic acids is 1. The Bertz CT molecular complexity index is 1090. The third-order valence-electron chi connectivity index (χ3n) is 5.27. The molecule has 3 rings (SSSR count). The minimum atomic E-state index is -0.956. The maximum absolute atomic E-state index is 12.7. The fraction of sp³-hybridized carbons (Fsp3) is 0.320. The summed E-state index contributed by atoms with van der Waals surface area (Å²) in [5.74, 6) is -0.0115. The number of carbonyl (C=O) groups is 2. The van der Waals surface area contributed by atoms with Gasteiger partial charge in [-0.15, -0.1) is 0 Å². The number of nitrogens with one attached hydrogen (secondary N) is 1. The zero-order valence-corrected chi connectivity index (χ0v) is 18.7. The van der Waals surface area contributed by atoms with Crippen molar-refractivity contribution in [1.29, 1.82) is 0 Å². The second-order valence-electron chi connectivity index (χ2n) is 7.43. The number of benzene rings is 2. The van der Waals surface area contributed by atoms with Crippen LogP contribution >= 0.6 is 0 Å². The van der Waals surface area contributed by atoms with Crippen molar-refractivity contribution in [3.63, 3.8) is 0 Å². The number of imidazole rings is 1. The minimum Gasteiger partial charge on any atom is -0.478 e. The third-order valence-corrected chi connectivity index (χ3v) is 5.27. The summed E-state index contributed by atoms with van der Waals surface area (Å²) < 4.78 is 7.20. The van der Waals surface area contributed by atoms with Gasteiger partial charge in [-0.2, -0.15) is 0 Å². The Kier molecular flexibility index (Phi) is 7.65. The molecule has 1 heterocycles. The number of aryl methyl sites for hydroxylation is 1. The lowest BCUT2D eigenvalue weighted by atomic mass is 9.99. The highest BCUT2D eigenvalue weighted by Gasteiger charge is 2.23. The van der Waals surface area contributed by atoms with Gasteiger partial charge in [-0.25, -0.2) is 14.6 Å². The summed E-state index contributed by atoms with van der Waals surface area (Å²) in [6.07, 6.45) is 2.75. The van der Waals surface area contributed by atoms with Gasteiger partial charge in [-0.05, 0) is 36.1 Å². The molecular weight excluding hydrogens is 406 g/mol. The van der Waals surface area contributed by atoms with Crippen molar-refractivity contribution >= 4 is 17.8 Å². The molecule has 0 aliphatic rings. The fourth-order valence-corrected chi connectivity index (χ4v) is 3.67. The van der Waals surface area contributed by atoms with E-state index < -0.39 is 11.9 Å². The Hall–Kier alpha value is -3.61. The van der Waals surface area contributed by atoms with Crippen molar-refractivity contribution in [2.24, 2.45) is 0 Å². The molecule has 0 bridgehead atoms. The molecule has 0 aliphatic heterocycles. The summed E-state index contributed by atoms with van der Waals surface area (Å²) in [6, 6.07) is 14.7. The van der Waals surface area contributed by atoms with Gasteiger partial charge in [0.15, 0.2) is 11.5 Å². The number of carbonyl (C=O) groups excluding carboxylic acids is 1. The first kappa shape index (κ1) is 23.1. The lowest BCUT2D eigenvalue weighted by molar-refractivity contribution is 0.0514. The Balaban J connectivity index is 1.96. The van der Waals surface area contributed by atoms with E-state index in [4.69, 9.17) is 4.74 Å². The number of aromatic nitrogens is 2. The quantitative estimate of drug-likeness (QED) is 0.442. The van der Waals surface area contributed by atoms with Crippen LogP contribution in [0.3, 0.4) is 0 Å². The topological polar surface area (TPSA) is 93.5 Å². The van der Waals surface area contributed by atoms with E-state index in [1.165, 1.54) is 0 Å². The van der Waals surface area contributed by atoms with Gasteiger partial charge in [-0.1, -0.05) is 55.8 Å². The van der Waals surface area contributed by atoms with Crippen LogP contribution in [0.15, 0.2) is 48.5 Å². The van der Waals surface area contributed by atoms with Crippen LogP contribution in [0.1, 0.15) is 58.9 Å². The molecule has 0 saturated heterocycles. The lowest BCUT2D eigenvalue weighted by Crippen LogP contribution is -2.16. The van der Waals surface area contributed by atoms with E-state index in [0.29, 0.717) is 23.6 Å². The fourth-order valence-electron chi connectivity index (χ4n) is 3.67. The number of unbranched alkanes of at least 4 members (excludes halogenated alkanes) is 1. The van der Waals surface area contributed by atoms with Crippen molar-refractivity contribution in [2.45, 2.75) is 39.7 Å². The molecular formula is C25H29N3O4. The molecule has 2 aromatic carbocycles. The normalized spacial score (nSPS) is 10.7. The third kappa shape index (κ3) is 4.99. The van der Waals surface area contributed by atoms with Crippen LogP contribution in [0.2, 0.25) is 0 Å². The van der Waals surface area contributed by atoms with Gasteiger partial charge in [0, 0.05) is 20.0 Å². The Morgan fingerprint density at radius 2 is 1.81 bits per heavy atom. The second-order valence-corrected chi connectivity index (χ2v) is 7.43. The number of ether oxygens (including phenoxy) is 1. The molecule has 0 saturated carbocycles. The average molecular weight is 436 g/mol. The molecule has 3 aromatic rings. The standard InChI is InChI=1S/C25H29N3O4/c1-4-6-11-21-27-23(26-3)22(25(31)32-5-2)28(21)16-17-12-14-18(15-13-17)19-9-7-8-10-20(19)24(29)30/h7-10,12-15,26H,4-6,11,16H2,1-3H3,(H,29,30). The number of carboxylic acid groups (broad SMARTS) is 1. The molecule has 0 amide bonds. The van der Waals surface area contributed by atoms with E-state index >= 15 is 0 Å². The number of hydrogen-bond acceptors (Lipinski definition) is 5. The van der Waals surface area contributed by atoms with E-state index in [-0.39, 0.29) is 12.2 Å². The van der Waals surface area contributed by atoms with Crippen molar-refractivity contribution in [3.05, 3.63) is 71.2 Å². The van der Waals surface area contributed by atoms with Gasteiger partial charge in [0.1, 0.15) is 5.82 Å². The number of esters is 1. The highest BCUT2D eigenvalue weighted by molar-refractivity contribution is 5.96. The van der Waals surface area contributed by atoms with Crippen molar-refractivity contribution in [3.8, 4) is 11.1 Å². The van der Waals surface area contributed by atoms with E-state index in [9.17, 15) is 14.7 Å². The number of rotatable bonds is 10. The largest absolute Gasteiger partial charge is 0.478 e. The van der Waals surface area contributed by atoms with E-state index in [2.05, 4.69) is 17.2 Å². The molecule has 0 atom stereocenters. The molecule has 0 spiro atoms. The van der Waals surface area contributed by atoms with E-state index in [1.807, 2.05) is 34.9 Å². The summed E-state index contributed by atoms with van der Waals surface area (Å²) in [7, 11) is 1.74. The molecule has 32 heavy (non-hydrogen) atoms. The molecule has 0 fully saturated rings. The number of carboxylic acids is 1. The Labute approximate surface area is 188 Å². The Morgan fingerprint density at radius 1 is 1.09 bits per heavy atom. The highest BCUT2D eigenvalue weighted by atomic mass is 16.5. The zero-order valence-electron chi connectivity index (χ0n) is 18.7. The second kappa shape index (κ2) is 10.6. The van der Waals surface area contributed by atoms with Crippen molar-refractivity contribution in [2.75, 3.05) is 19.0 Å². The smallest absolute Gasteiger partial charge is 0.358 e. The van der Waals surface area contributed by atoms with Gasteiger partial charge in [0.05, 0.1) is 12.2 Å². The predicted molar refractivity (Wildman–Crippen MR) is 124 cm³/mol. The molecule has 0 unspecified atom stereocenters. The van der Waals surface area contributed by atoms with Crippen LogP contribution in [0, 0.1) is 0 Å². The number of anilines is 1. The summed E-state index contributed by atoms with van der Waals surface area (Å²) in [5, 5.41) is 12.5. The van der Waals surface area contributed by atoms with Crippen LogP contribution in [-0.4, -0.2) is 40.3 Å². The van der Waals surface area contributed by atoms with E-state index in [1.54, 1.807) is 32.2 Å². The molecule has 7 heteroatoms. The molecule has 0 radical (unpaired) electrons. The molecule has 168 valence electrons. The van der Waals surface area contributed by atoms with E-state index in [0.717, 1.165) is 36.2 Å². The summed E-state index contributed by atoms with van der Waals surface area (Å²) >= 11 is 0. The lowest BCUT2D eigenvalue weighted by Gasteiger charge is -2.13. The Morgan fingerprint density at radius 3 is 2.44 bits per heavy atom. The molecule has 1 aromatic heterocycles. The molecule has 2 N–H and O–H groups in total. The first-order valence-electron chi connectivity index (χ1n) is 10.9. The van der Waals surface area contributed by atoms with Gasteiger partial charge >= 0.3 is 11.9 Å². The average Bonchev–Trinajstić information content (AvgIpc) is 3.15. The monoisotopic (exact) mass is 435 g/mol. The first-order chi connectivity index (χ1) is 15.5. The molecule has 0 aliphatic carbocycles. The van der Waals surface area contributed by atoms with Crippen molar-refractivity contribution < 1.29 is 19.4 Å². The maximum atomic E-state index is 12.7. The van der Waals surface area contributed by atoms with Gasteiger partial charge < -0.3 is 19.7 Å². The van der Waals surface area contributed by atoms with Gasteiger partial charge in [0.2, 0.25) is 0 Å². The van der Waals surface area contributed by atoms with Crippen LogP contribution in [-0.2, 0) is 17.7 Å². The van der Waals surface area contributed by atoms with Crippen LogP contribution < -0.4 is 5.32 Å². The van der Waals surface area contributed by atoms with Gasteiger partial charge in [0.25, 0.3) is 0 Å². The first-order valence-corrected chi connectivity index (χ1v) is 10.9. The number of nitrogens with zero attached hydrogens (tertiary/aromatic N) is 2. The predicted octanol–water partition coefficient (Wildman–Crippen LogP) is 4.86. The molecule has 7 nitrogen and oxygen atoms in total. The van der Waals surface area contributed by atoms with Crippen LogP contribution in [0.5, 0.6) is 0 Å². The van der Waals surface area contributed by atoms with Crippen molar-refractivity contribution in [1.82, 2.24) is 9.55 Å². The summed E-state index contributed by atoms with van der Waals surface area (Å²) in [6.45, 7) is 4.65. The SMILES string of the molecule is CCCCc1nc(NC)c(C(=O)OCC)n1Cc1ccc(-c2ccccc2C(=O)O)cc1. The maximum Gasteiger partial charge on any atom is 0.358 e. The number of hydrogen-bond donors (Lipinski definition) is 2.